The fraction of sp³-hybridized carbons (Fsp3) is 1.00. The summed E-state index contributed by atoms with van der Waals surface area (Å²) in [5, 5.41) is -0.135. The molecule has 5 heteroatoms. The third-order valence-electron chi connectivity index (χ3n) is 3.44. The minimum Gasteiger partial charge on any atom is -0.324 e. The van der Waals surface area contributed by atoms with Gasteiger partial charge in [0.05, 0.1) is 5.25 Å². The maximum atomic E-state index is 11.6. The Bertz CT molecular complexity index is 316. The second-order valence-corrected chi connectivity index (χ2v) is 7.03. The van der Waals surface area contributed by atoms with E-state index < -0.39 is 10.0 Å². The molecule has 0 saturated heterocycles. The smallest absolute Gasteiger partial charge is 0.214 e. The molecule has 2 rings (SSSR count). The predicted octanol–water partition coefficient (Wildman–Crippen LogP) is 0.730. The highest BCUT2D eigenvalue weighted by Gasteiger charge is 2.37. The monoisotopic (exact) mass is 232 g/mol. The van der Waals surface area contributed by atoms with Gasteiger partial charge in [0.25, 0.3) is 0 Å². The third-order valence-corrected chi connectivity index (χ3v) is 5.33. The van der Waals surface area contributed by atoms with Gasteiger partial charge in [-0.15, -0.1) is 0 Å². The first-order valence-electron chi connectivity index (χ1n) is 5.79. The van der Waals surface area contributed by atoms with Crippen molar-refractivity contribution in [2.45, 2.75) is 55.7 Å². The standard InChI is InChI=1S/C10H20N2O2S/c11-10(6-2-1-3-7-10)8-12-15(13,14)9-4-5-9/h9,12H,1-8,11H2. The molecule has 2 aliphatic rings. The molecule has 0 unspecified atom stereocenters. The molecule has 3 N–H and O–H groups in total. The summed E-state index contributed by atoms with van der Waals surface area (Å²) in [5.41, 5.74) is 5.87. The van der Waals surface area contributed by atoms with E-state index in [1.54, 1.807) is 0 Å². The topological polar surface area (TPSA) is 72.2 Å². The van der Waals surface area contributed by atoms with Crippen molar-refractivity contribution in [3.8, 4) is 0 Å². The highest BCUT2D eigenvalue weighted by atomic mass is 32.2. The predicted molar refractivity (Wildman–Crippen MR) is 59.9 cm³/mol. The molecule has 0 bridgehead atoms. The van der Waals surface area contributed by atoms with Crippen LogP contribution < -0.4 is 10.5 Å². The molecule has 0 aliphatic heterocycles. The summed E-state index contributed by atoms with van der Waals surface area (Å²) in [6, 6.07) is 0. The van der Waals surface area contributed by atoms with E-state index in [1.807, 2.05) is 0 Å². The van der Waals surface area contributed by atoms with Crippen LogP contribution in [0.3, 0.4) is 0 Å². The lowest BCUT2D eigenvalue weighted by atomic mass is 9.83. The highest BCUT2D eigenvalue weighted by Crippen LogP contribution is 2.29. The van der Waals surface area contributed by atoms with Gasteiger partial charge in [0, 0.05) is 12.1 Å². The highest BCUT2D eigenvalue weighted by molar-refractivity contribution is 7.90. The Hall–Kier alpha value is -0.130. The minimum atomic E-state index is -3.05. The molecule has 0 aromatic rings. The quantitative estimate of drug-likeness (QED) is 0.750. The molecule has 0 amide bonds. The van der Waals surface area contributed by atoms with Crippen molar-refractivity contribution in [1.82, 2.24) is 4.72 Å². The molecular formula is C10H20N2O2S. The number of rotatable bonds is 4. The first-order valence-corrected chi connectivity index (χ1v) is 7.34. The molecule has 0 radical (unpaired) electrons. The lowest BCUT2D eigenvalue weighted by molar-refractivity contribution is 0.296. The molecule has 88 valence electrons. The van der Waals surface area contributed by atoms with Gasteiger partial charge in [-0.05, 0) is 25.7 Å². The van der Waals surface area contributed by atoms with Crippen molar-refractivity contribution in [2.24, 2.45) is 5.73 Å². The fourth-order valence-corrected chi connectivity index (χ4v) is 3.65. The number of nitrogens with one attached hydrogen (secondary N) is 1. The van der Waals surface area contributed by atoms with Crippen molar-refractivity contribution in [2.75, 3.05) is 6.54 Å². The van der Waals surface area contributed by atoms with Crippen LogP contribution in [-0.4, -0.2) is 25.8 Å². The Kier molecular flexibility index (Phi) is 3.05. The number of sulfonamides is 1. The van der Waals surface area contributed by atoms with Crippen LogP contribution >= 0.6 is 0 Å². The Labute approximate surface area is 91.7 Å². The second-order valence-electron chi connectivity index (χ2n) is 4.99. The van der Waals surface area contributed by atoms with Crippen molar-refractivity contribution in [3.05, 3.63) is 0 Å². The molecular weight excluding hydrogens is 212 g/mol. The van der Waals surface area contributed by atoms with Crippen LogP contribution in [-0.2, 0) is 10.0 Å². The minimum absolute atomic E-state index is 0.135. The van der Waals surface area contributed by atoms with E-state index in [0.29, 0.717) is 6.54 Å². The van der Waals surface area contributed by atoms with Gasteiger partial charge in [-0.2, -0.15) is 0 Å². The van der Waals surface area contributed by atoms with E-state index in [4.69, 9.17) is 5.73 Å². The number of hydrogen-bond acceptors (Lipinski definition) is 3. The maximum Gasteiger partial charge on any atom is 0.214 e. The van der Waals surface area contributed by atoms with Gasteiger partial charge in [0.15, 0.2) is 0 Å². The van der Waals surface area contributed by atoms with E-state index in [-0.39, 0.29) is 10.8 Å². The molecule has 2 saturated carbocycles. The van der Waals surface area contributed by atoms with Gasteiger partial charge < -0.3 is 5.73 Å². The van der Waals surface area contributed by atoms with Gasteiger partial charge in [-0.25, -0.2) is 13.1 Å². The summed E-state index contributed by atoms with van der Waals surface area (Å²) in [4.78, 5) is 0. The Morgan fingerprint density at radius 2 is 1.80 bits per heavy atom. The Balaban J connectivity index is 1.86. The van der Waals surface area contributed by atoms with E-state index in [2.05, 4.69) is 4.72 Å². The van der Waals surface area contributed by atoms with E-state index >= 15 is 0 Å². The SMILES string of the molecule is NC1(CNS(=O)(=O)C2CC2)CCCCC1. The Morgan fingerprint density at radius 3 is 2.33 bits per heavy atom. The molecule has 0 heterocycles. The van der Waals surface area contributed by atoms with Crippen LogP contribution in [0, 0.1) is 0 Å². The summed E-state index contributed by atoms with van der Waals surface area (Å²) in [6.07, 6.45) is 7.00. The van der Waals surface area contributed by atoms with Crippen LogP contribution in [0.5, 0.6) is 0 Å². The van der Waals surface area contributed by atoms with Crippen LogP contribution in [0.1, 0.15) is 44.9 Å². The van der Waals surface area contributed by atoms with E-state index in [1.165, 1.54) is 6.42 Å². The largest absolute Gasteiger partial charge is 0.324 e. The van der Waals surface area contributed by atoms with E-state index in [0.717, 1.165) is 38.5 Å². The molecule has 0 aromatic carbocycles. The molecule has 0 aromatic heterocycles. The van der Waals surface area contributed by atoms with Crippen molar-refractivity contribution < 1.29 is 8.42 Å². The zero-order chi connectivity index (χ0) is 10.9. The normalized spacial score (nSPS) is 26.5. The number of hydrogen-bond donors (Lipinski definition) is 2. The first kappa shape index (κ1) is 11.4. The summed E-state index contributed by atoms with van der Waals surface area (Å²) in [7, 11) is -3.05. The van der Waals surface area contributed by atoms with Gasteiger partial charge >= 0.3 is 0 Å². The van der Waals surface area contributed by atoms with Crippen LogP contribution in [0.4, 0.5) is 0 Å². The Morgan fingerprint density at radius 1 is 1.20 bits per heavy atom. The summed E-state index contributed by atoms with van der Waals surface area (Å²) < 4.78 is 25.9. The summed E-state index contributed by atoms with van der Waals surface area (Å²) in [6.45, 7) is 0.422. The molecule has 0 spiro atoms. The summed E-state index contributed by atoms with van der Waals surface area (Å²) in [5.74, 6) is 0. The lowest BCUT2D eigenvalue weighted by Crippen LogP contribution is -2.51. The van der Waals surface area contributed by atoms with Crippen molar-refractivity contribution in [1.29, 1.82) is 0 Å². The van der Waals surface area contributed by atoms with Crippen molar-refractivity contribution in [3.63, 3.8) is 0 Å². The molecule has 2 fully saturated rings. The third kappa shape index (κ3) is 2.92. The van der Waals surface area contributed by atoms with Crippen LogP contribution in [0.2, 0.25) is 0 Å². The maximum absolute atomic E-state index is 11.6. The second kappa shape index (κ2) is 4.03. The average molecular weight is 232 g/mol. The average Bonchev–Trinajstić information content (AvgIpc) is 3.00. The molecule has 2 aliphatic carbocycles. The van der Waals surface area contributed by atoms with Gasteiger partial charge in [-0.1, -0.05) is 19.3 Å². The number of nitrogens with two attached hydrogens (primary N) is 1. The van der Waals surface area contributed by atoms with Crippen LogP contribution in [0.25, 0.3) is 0 Å². The van der Waals surface area contributed by atoms with Gasteiger partial charge in [0.1, 0.15) is 0 Å². The van der Waals surface area contributed by atoms with Crippen molar-refractivity contribution >= 4 is 10.0 Å². The molecule has 15 heavy (non-hydrogen) atoms. The van der Waals surface area contributed by atoms with Crippen LogP contribution in [0.15, 0.2) is 0 Å². The van der Waals surface area contributed by atoms with Gasteiger partial charge in [-0.3, -0.25) is 0 Å². The zero-order valence-corrected chi connectivity index (χ0v) is 9.85. The molecule has 0 atom stereocenters. The molecule has 4 nitrogen and oxygen atoms in total. The summed E-state index contributed by atoms with van der Waals surface area (Å²) >= 11 is 0. The first-order chi connectivity index (χ1) is 7.02. The fourth-order valence-electron chi connectivity index (χ4n) is 2.17. The van der Waals surface area contributed by atoms with Gasteiger partial charge in [0.2, 0.25) is 10.0 Å². The lowest BCUT2D eigenvalue weighted by Gasteiger charge is -2.33. The zero-order valence-electron chi connectivity index (χ0n) is 9.04. The van der Waals surface area contributed by atoms with E-state index in [9.17, 15) is 8.42 Å².